The van der Waals surface area contributed by atoms with Crippen LogP contribution in [0.1, 0.15) is 46.5 Å². The minimum absolute atomic E-state index is 0.261. The Morgan fingerprint density at radius 1 is 1.44 bits per heavy atom. The van der Waals surface area contributed by atoms with Gasteiger partial charge >= 0.3 is 0 Å². The molecule has 3 heteroatoms. The minimum Gasteiger partial charge on any atom is -0.417 e. The molecule has 0 amide bonds. The molecule has 0 saturated heterocycles. The minimum atomic E-state index is -1.64. The molecule has 106 valence electrons. The van der Waals surface area contributed by atoms with Crippen LogP contribution in [0, 0.1) is 5.92 Å². The zero-order valence-corrected chi connectivity index (χ0v) is 13.8. The molecule has 0 bridgehead atoms. The van der Waals surface area contributed by atoms with Crippen molar-refractivity contribution in [2.24, 2.45) is 5.92 Å². The molecular weight excluding hydrogens is 240 g/mol. The Bertz CT molecular complexity index is 293. The van der Waals surface area contributed by atoms with Crippen LogP contribution < -0.4 is 0 Å². The zero-order chi connectivity index (χ0) is 14.0. The summed E-state index contributed by atoms with van der Waals surface area (Å²) in [5, 5.41) is 10.6. The summed E-state index contributed by atoms with van der Waals surface area (Å²) in [5.41, 5.74) is -0.642. The van der Waals surface area contributed by atoms with Crippen molar-refractivity contribution in [1.82, 2.24) is 0 Å². The molecule has 0 aliphatic heterocycles. The summed E-state index contributed by atoms with van der Waals surface area (Å²) < 4.78 is 6.19. The first kappa shape index (κ1) is 15.9. The molecule has 0 radical (unpaired) electrons. The van der Waals surface area contributed by atoms with Crippen LogP contribution in [0.3, 0.4) is 0 Å². The smallest absolute Gasteiger partial charge is 0.191 e. The van der Waals surface area contributed by atoms with Gasteiger partial charge < -0.3 is 9.53 Å². The number of aliphatic hydroxyl groups is 1. The summed E-state index contributed by atoms with van der Waals surface area (Å²) in [5.74, 6) is 0.333. The van der Waals surface area contributed by atoms with E-state index < -0.39 is 13.9 Å². The van der Waals surface area contributed by atoms with Gasteiger partial charge in [0.1, 0.15) is 0 Å². The van der Waals surface area contributed by atoms with Crippen LogP contribution in [0.15, 0.2) is 12.7 Å². The van der Waals surface area contributed by atoms with Gasteiger partial charge in [0.25, 0.3) is 0 Å². The average Bonchev–Trinajstić information content (AvgIpc) is 2.59. The Kier molecular flexibility index (Phi) is 4.85. The molecule has 1 fully saturated rings. The lowest BCUT2D eigenvalue weighted by atomic mass is 9.89. The normalized spacial score (nSPS) is 29.6. The SMILES string of the molecule is C=C[C@]1(O)CCC[C@H]1CCO[Si](C)(C)C(C)(C)C. The van der Waals surface area contributed by atoms with E-state index in [1.54, 1.807) is 6.08 Å². The summed E-state index contributed by atoms with van der Waals surface area (Å²) >= 11 is 0. The quantitative estimate of drug-likeness (QED) is 0.601. The van der Waals surface area contributed by atoms with Gasteiger partial charge in [-0.2, -0.15) is 0 Å². The van der Waals surface area contributed by atoms with Crippen LogP contribution in [0.5, 0.6) is 0 Å². The summed E-state index contributed by atoms with van der Waals surface area (Å²) in [4.78, 5) is 0. The third-order valence-corrected chi connectivity index (χ3v) is 9.46. The summed E-state index contributed by atoms with van der Waals surface area (Å²) in [6, 6.07) is 0. The largest absolute Gasteiger partial charge is 0.417 e. The first-order valence-electron chi connectivity index (χ1n) is 7.12. The monoisotopic (exact) mass is 270 g/mol. The van der Waals surface area contributed by atoms with Crippen molar-refractivity contribution < 1.29 is 9.53 Å². The topological polar surface area (TPSA) is 29.5 Å². The van der Waals surface area contributed by atoms with Gasteiger partial charge in [-0.1, -0.05) is 26.8 Å². The Hall–Kier alpha value is -0.123. The van der Waals surface area contributed by atoms with Crippen LogP contribution >= 0.6 is 0 Å². The maximum Gasteiger partial charge on any atom is 0.191 e. The van der Waals surface area contributed by atoms with Gasteiger partial charge in [-0.3, -0.25) is 0 Å². The maximum atomic E-state index is 10.4. The Labute approximate surface area is 114 Å². The highest BCUT2D eigenvalue weighted by Crippen LogP contribution is 2.40. The van der Waals surface area contributed by atoms with Gasteiger partial charge in [0, 0.05) is 6.61 Å². The Balaban J connectivity index is 2.45. The predicted octanol–water partition coefficient (Wildman–Crippen LogP) is 4.12. The van der Waals surface area contributed by atoms with E-state index in [2.05, 4.69) is 40.4 Å². The van der Waals surface area contributed by atoms with Crippen molar-refractivity contribution in [3.8, 4) is 0 Å². The molecule has 1 rings (SSSR count). The van der Waals surface area contributed by atoms with E-state index in [1.165, 1.54) is 0 Å². The van der Waals surface area contributed by atoms with Crippen LogP contribution in [-0.4, -0.2) is 25.6 Å². The van der Waals surface area contributed by atoms with Gasteiger partial charge in [-0.25, -0.2) is 0 Å². The van der Waals surface area contributed by atoms with Crippen molar-refractivity contribution in [2.45, 2.75) is 70.2 Å². The van der Waals surface area contributed by atoms with Crippen LogP contribution in [-0.2, 0) is 4.43 Å². The predicted molar refractivity (Wildman–Crippen MR) is 80.3 cm³/mol. The summed E-state index contributed by atoms with van der Waals surface area (Å²) in [6.07, 6.45) is 5.75. The molecule has 2 atom stereocenters. The fourth-order valence-electron chi connectivity index (χ4n) is 2.42. The number of hydrogen-bond acceptors (Lipinski definition) is 2. The van der Waals surface area contributed by atoms with Crippen molar-refractivity contribution in [2.75, 3.05) is 6.61 Å². The summed E-state index contributed by atoms with van der Waals surface area (Å²) in [7, 11) is -1.64. The molecule has 0 aromatic heterocycles. The molecule has 18 heavy (non-hydrogen) atoms. The highest BCUT2D eigenvalue weighted by molar-refractivity contribution is 6.74. The molecule has 1 aliphatic carbocycles. The Morgan fingerprint density at radius 3 is 2.56 bits per heavy atom. The molecule has 1 N–H and O–H groups in total. The highest BCUT2D eigenvalue weighted by atomic mass is 28.4. The van der Waals surface area contributed by atoms with E-state index in [1.807, 2.05) is 0 Å². The number of hydrogen-bond donors (Lipinski definition) is 1. The first-order valence-corrected chi connectivity index (χ1v) is 10.0. The number of rotatable bonds is 5. The van der Waals surface area contributed by atoms with Crippen molar-refractivity contribution in [3.05, 3.63) is 12.7 Å². The van der Waals surface area contributed by atoms with Gasteiger partial charge in [-0.15, -0.1) is 6.58 Å². The van der Waals surface area contributed by atoms with Crippen molar-refractivity contribution in [3.63, 3.8) is 0 Å². The average molecular weight is 270 g/mol. The standard InChI is InChI=1S/C15H30O2Si/c1-7-15(16)11-8-9-13(15)10-12-17-18(5,6)14(2,3)4/h7,13,16H,1,8-12H2,2-6H3/t13-,15-/m0/s1. The summed E-state index contributed by atoms with van der Waals surface area (Å²) in [6.45, 7) is 15.9. The van der Waals surface area contributed by atoms with Gasteiger partial charge in [0.05, 0.1) is 5.60 Å². The third-order valence-electron chi connectivity index (χ3n) is 4.93. The first-order chi connectivity index (χ1) is 8.12. The molecule has 2 nitrogen and oxygen atoms in total. The fraction of sp³-hybridized carbons (Fsp3) is 0.867. The molecule has 0 heterocycles. The van der Waals surface area contributed by atoms with Crippen LogP contribution in [0.25, 0.3) is 0 Å². The third kappa shape index (κ3) is 3.46. The van der Waals surface area contributed by atoms with Gasteiger partial charge in [0.2, 0.25) is 0 Å². The lowest BCUT2D eigenvalue weighted by Gasteiger charge is -2.37. The lowest BCUT2D eigenvalue weighted by molar-refractivity contribution is 0.0406. The zero-order valence-electron chi connectivity index (χ0n) is 12.8. The van der Waals surface area contributed by atoms with Crippen molar-refractivity contribution in [1.29, 1.82) is 0 Å². The highest BCUT2D eigenvalue weighted by Gasteiger charge is 2.40. The van der Waals surface area contributed by atoms with E-state index >= 15 is 0 Å². The van der Waals surface area contributed by atoms with E-state index in [4.69, 9.17) is 4.43 Å². The second-order valence-corrected chi connectivity index (χ2v) is 12.0. The van der Waals surface area contributed by atoms with Crippen LogP contribution in [0.2, 0.25) is 18.1 Å². The van der Waals surface area contributed by atoms with Crippen LogP contribution in [0.4, 0.5) is 0 Å². The maximum absolute atomic E-state index is 10.4. The molecular formula is C15H30O2Si. The second kappa shape index (κ2) is 5.47. The van der Waals surface area contributed by atoms with Gasteiger partial charge in [-0.05, 0) is 49.7 Å². The van der Waals surface area contributed by atoms with E-state index in [-0.39, 0.29) is 5.04 Å². The molecule has 0 aromatic rings. The van der Waals surface area contributed by atoms with E-state index in [0.717, 1.165) is 32.3 Å². The van der Waals surface area contributed by atoms with Gasteiger partial charge in [0.15, 0.2) is 8.32 Å². The lowest BCUT2D eigenvalue weighted by Crippen LogP contribution is -2.41. The molecule has 1 aliphatic rings. The molecule has 0 unspecified atom stereocenters. The fourth-order valence-corrected chi connectivity index (χ4v) is 3.48. The Morgan fingerprint density at radius 2 is 2.06 bits per heavy atom. The molecule has 0 aromatic carbocycles. The second-order valence-electron chi connectivity index (χ2n) is 7.18. The van der Waals surface area contributed by atoms with Crippen molar-refractivity contribution >= 4 is 8.32 Å². The van der Waals surface area contributed by atoms with E-state index in [0.29, 0.717) is 5.92 Å². The molecule has 0 spiro atoms. The van der Waals surface area contributed by atoms with E-state index in [9.17, 15) is 5.11 Å². The molecule has 1 saturated carbocycles.